The Balaban J connectivity index is 1.62. The molecule has 28 heavy (non-hydrogen) atoms. The van der Waals surface area contributed by atoms with E-state index in [1.165, 1.54) is 0 Å². The molecule has 2 heteroatoms. The molecule has 0 saturated carbocycles. The fourth-order valence-corrected chi connectivity index (χ4v) is 2.77. The largest absolute Gasteiger partial charge is 0.356 e. The monoisotopic (exact) mass is 364 g/mol. The average molecular weight is 364 g/mol. The van der Waals surface area contributed by atoms with Gasteiger partial charge in [0.1, 0.15) is 0 Å². The summed E-state index contributed by atoms with van der Waals surface area (Å²) in [6.45, 7) is 15.8. The van der Waals surface area contributed by atoms with Gasteiger partial charge in [0, 0.05) is 22.8 Å². The van der Waals surface area contributed by atoms with Crippen LogP contribution in [0.25, 0.3) is 23.5 Å². The van der Waals surface area contributed by atoms with Crippen LogP contribution < -0.4 is 10.6 Å². The van der Waals surface area contributed by atoms with E-state index >= 15 is 0 Å². The van der Waals surface area contributed by atoms with Crippen LogP contribution in [0.1, 0.15) is 22.3 Å². The van der Waals surface area contributed by atoms with Gasteiger partial charge in [-0.1, -0.05) is 87.0 Å². The summed E-state index contributed by atoms with van der Waals surface area (Å²) in [5.74, 6) is 0. The van der Waals surface area contributed by atoms with Gasteiger partial charge < -0.3 is 10.6 Å². The molecule has 3 rings (SSSR count). The van der Waals surface area contributed by atoms with Crippen LogP contribution in [0.5, 0.6) is 0 Å². The van der Waals surface area contributed by atoms with Gasteiger partial charge in [-0.05, 0) is 46.5 Å². The van der Waals surface area contributed by atoms with Crippen LogP contribution in [-0.4, -0.2) is 0 Å². The smallest absolute Gasteiger partial charge is 0.0385 e. The second kappa shape index (κ2) is 8.74. The number of benzene rings is 3. The molecule has 0 amide bonds. The summed E-state index contributed by atoms with van der Waals surface area (Å²) in [6, 6.07) is 24.3. The van der Waals surface area contributed by atoms with Gasteiger partial charge in [0.05, 0.1) is 0 Å². The summed E-state index contributed by atoms with van der Waals surface area (Å²) in [7, 11) is 0. The van der Waals surface area contributed by atoms with Crippen LogP contribution in [0, 0.1) is 0 Å². The van der Waals surface area contributed by atoms with Crippen molar-refractivity contribution in [3.8, 4) is 0 Å². The molecule has 0 fully saturated rings. The molecule has 0 aliphatic rings. The number of hydrogen-bond acceptors (Lipinski definition) is 2. The number of rotatable bonds is 8. The Bertz CT molecular complexity index is 907. The van der Waals surface area contributed by atoms with Crippen LogP contribution >= 0.6 is 0 Å². The van der Waals surface area contributed by atoms with E-state index < -0.39 is 0 Å². The third kappa shape index (κ3) is 4.68. The van der Waals surface area contributed by atoms with Gasteiger partial charge in [0.25, 0.3) is 0 Å². The van der Waals surface area contributed by atoms with E-state index in [1.807, 2.05) is 84.9 Å². The molecule has 2 N–H and O–H groups in total. The Labute approximate surface area is 167 Å². The van der Waals surface area contributed by atoms with Gasteiger partial charge in [-0.25, -0.2) is 0 Å². The fourth-order valence-electron chi connectivity index (χ4n) is 2.77. The van der Waals surface area contributed by atoms with E-state index in [1.54, 1.807) is 0 Å². The summed E-state index contributed by atoms with van der Waals surface area (Å²) in [6.07, 6.45) is 3.65. The van der Waals surface area contributed by atoms with Crippen LogP contribution in [0.15, 0.2) is 99.1 Å². The molecule has 0 aromatic heterocycles. The highest BCUT2D eigenvalue weighted by molar-refractivity contribution is 5.79. The Morgan fingerprint density at radius 2 is 0.857 bits per heavy atom. The molecule has 0 aliphatic heterocycles. The number of nitrogens with one attached hydrogen (secondary N) is 2. The van der Waals surface area contributed by atoms with Gasteiger partial charge in [0.15, 0.2) is 0 Å². The van der Waals surface area contributed by atoms with Crippen molar-refractivity contribution in [1.29, 1.82) is 0 Å². The first-order valence-corrected chi connectivity index (χ1v) is 9.07. The number of hydrogen-bond donors (Lipinski definition) is 2. The average Bonchev–Trinajstić information content (AvgIpc) is 2.75. The molecule has 0 aliphatic carbocycles. The van der Waals surface area contributed by atoms with Crippen molar-refractivity contribution in [1.82, 2.24) is 0 Å². The molecule has 0 bridgehead atoms. The normalized spacial score (nSPS) is 10.0. The molecule has 3 aromatic rings. The third-order valence-electron chi connectivity index (χ3n) is 4.47. The standard InChI is InChI=1S/C26H24N2/c1-5-21-7-11-23(12-8-21)19(3)27-25-15-17-26(18-16-25)28-20(4)24-13-9-22(6-2)10-14-24/h5-18,27-28H,1-4H2. The second-order valence-corrected chi connectivity index (χ2v) is 6.44. The summed E-state index contributed by atoms with van der Waals surface area (Å²) in [5, 5.41) is 6.68. The van der Waals surface area contributed by atoms with E-state index in [0.29, 0.717) is 0 Å². The van der Waals surface area contributed by atoms with E-state index in [9.17, 15) is 0 Å². The van der Waals surface area contributed by atoms with Crippen molar-refractivity contribution in [2.24, 2.45) is 0 Å². The lowest BCUT2D eigenvalue weighted by Crippen LogP contribution is -1.99. The van der Waals surface area contributed by atoms with Crippen LogP contribution in [0.2, 0.25) is 0 Å². The molecule has 2 nitrogen and oxygen atoms in total. The zero-order valence-corrected chi connectivity index (χ0v) is 15.9. The lowest BCUT2D eigenvalue weighted by Gasteiger charge is -2.13. The Morgan fingerprint density at radius 1 is 0.536 bits per heavy atom. The van der Waals surface area contributed by atoms with Gasteiger partial charge in [0.2, 0.25) is 0 Å². The predicted molar refractivity (Wildman–Crippen MR) is 125 cm³/mol. The third-order valence-corrected chi connectivity index (χ3v) is 4.47. The highest BCUT2D eigenvalue weighted by atomic mass is 14.9. The summed E-state index contributed by atoms with van der Waals surface area (Å²) in [5.41, 5.74) is 7.92. The van der Waals surface area contributed by atoms with Crippen molar-refractivity contribution in [2.45, 2.75) is 0 Å². The topological polar surface area (TPSA) is 24.1 Å². The quantitative estimate of drug-likeness (QED) is 0.444. The molecule has 3 aromatic carbocycles. The molecule has 0 radical (unpaired) electrons. The summed E-state index contributed by atoms with van der Waals surface area (Å²) < 4.78 is 0. The summed E-state index contributed by atoms with van der Waals surface area (Å²) >= 11 is 0. The molecule has 0 atom stereocenters. The van der Waals surface area contributed by atoms with E-state index in [-0.39, 0.29) is 0 Å². The Morgan fingerprint density at radius 3 is 1.14 bits per heavy atom. The van der Waals surface area contributed by atoms with Crippen LogP contribution in [0.4, 0.5) is 11.4 Å². The van der Waals surface area contributed by atoms with Crippen molar-refractivity contribution in [3.63, 3.8) is 0 Å². The van der Waals surface area contributed by atoms with Gasteiger partial charge in [-0.15, -0.1) is 0 Å². The number of anilines is 2. The first-order valence-electron chi connectivity index (χ1n) is 9.07. The van der Waals surface area contributed by atoms with Gasteiger partial charge in [-0.3, -0.25) is 0 Å². The van der Waals surface area contributed by atoms with E-state index in [2.05, 4.69) is 36.9 Å². The maximum absolute atomic E-state index is 4.13. The lowest BCUT2D eigenvalue weighted by atomic mass is 10.1. The minimum atomic E-state index is 0.850. The molecule has 0 spiro atoms. The highest BCUT2D eigenvalue weighted by Gasteiger charge is 2.02. The zero-order valence-electron chi connectivity index (χ0n) is 15.9. The lowest BCUT2D eigenvalue weighted by molar-refractivity contribution is 1.51. The Hall–Kier alpha value is -3.78. The van der Waals surface area contributed by atoms with Gasteiger partial charge in [-0.2, -0.15) is 0 Å². The van der Waals surface area contributed by atoms with Crippen LogP contribution in [0.3, 0.4) is 0 Å². The molecule has 138 valence electrons. The maximum Gasteiger partial charge on any atom is 0.0385 e. The first kappa shape index (κ1) is 19.0. The molecule has 0 heterocycles. The fraction of sp³-hybridized carbons (Fsp3) is 0. The zero-order chi connectivity index (χ0) is 19.9. The van der Waals surface area contributed by atoms with Gasteiger partial charge >= 0.3 is 0 Å². The highest BCUT2D eigenvalue weighted by Crippen LogP contribution is 2.22. The Kier molecular flexibility index (Phi) is 5.93. The van der Waals surface area contributed by atoms with E-state index in [4.69, 9.17) is 0 Å². The molecular formula is C26H24N2. The van der Waals surface area contributed by atoms with Crippen molar-refractivity contribution in [2.75, 3.05) is 10.6 Å². The van der Waals surface area contributed by atoms with Crippen molar-refractivity contribution < 1.29 is 0 Å². The SMILES string of the molecule is C=Cc1ccc(C(=C)Nc2ccc(NC(=C)c3ccc(C=C)cc3)cc2)cc1. The maximum atomic E-state index is 4.13. The van der Waals surface area contributed by atoms with Crippen LogP contribution in [-0.2, 0) is 0 Å². The van der Waals surface area contributed by atoms with Crippen molar-refractivity contribution >= 4 is 34.9 Å². The second-order valence-electron chi connectivity index (χ2n) is 6.44. The van der Waals surface area contributed by atoms with E-state index in [0.717, 1.165) is 45.0 Å². The first-order chi connectivity index (χ1) is 13.6. The molecular weight excluding hydrogens is 340 g/mol. The molecule has 0 saturated heterocycles. The summed E-state index contributed by atoms with van der Waals surface area (Å²) in [4.78, 5) is 0. The minimum Gasteiger partial charge on any atom is -0.356 e. The molecule has 0 unspecified atom stereocenters. The minimum absolute atomic E-state index is 0.850. The van der Waals surface area contributed by atoms with Crippen molar-refractivity contribution in [3.05, 3.63) is 121 Å². The predicted octanol–water partition coefficient (Wildman–Crippen LogP) is 7.14.